The number of hydrogen-bond donors (Lipinski definition) is 1. The van der Waals surface area contributed by atoms with Gasteiger partial charge in [0.25, 0.3) is 0 Å². The molecule has 0 bridgehead atoms. The van der Waals surface area contributed by atoms with E-state index in [1.807, 2.05) is 0 Å². The average Bonchev–Trinajstić information content (AvgIpc) is 2.90. The van der Waals surface area contributed by atoms with Gasteiger partial charge in [0.15, 0.2) is 17.8 Å². The Bertz CT molecular complexity index is 555. The first-order valence-electron chi connectivity index (χ1n) is 5.95. The van der Waals surface area contributed by atoms with Crippen LogP contribution in [-0.4, -0.2) is 41.5 Å². The first-order chi connectivity index (χ1) is 9.54. The van der Waals surface area contributed by atoms with Crippen molar-refractivity contribution in [1.29, 1.82) is 0 Å². The van der Waals surface area contributed by atoms with Gasteiger partial charge in [-0.15, -0.1) is 0 Å². The molecule has 0 aromatic heterocycles. The Morgan fingerprint density at radius 1 is 1.25 bits per heavy atom. The van der Waals surface area contributed by atoms with Crippen molar-refractivity contribution in [2.75, 3.05) is 26.8 Å². The standard InChI is InChI=1S/C12H17NO6S/c1-16-12(17-2)7-20(14,15)13-6-9-3-4-10-11(5-9)19-8-18-10/h3-5,12-13H,6-8H2,1-2H3. The predicted octanol–water partition coefficient (Wildman–Crippen LogP) is 0.454. The summed E-state index contributed by atoms with van der Waals surface area (Å²) in [5.74, 6) is 1.02. The van der Waals surface area contributed by atoms with E-state index in [0.717, 1.165) is 5.56 Å². The fourth-order valence-electron chi connectivity index (χ4n) is 1.71. The van der Waals surface area contributed by atoms with E-state index in [9.17, 15) is 8.42 Å². The summed E-state index contributed by atoms with van der Waals surface area (Å²) < 4.78 is 46.3. The van der Waals surface area contributed by atoms with Crippen LogP contribution in [0.2, 0.25) is 0 Å². The van der Waals surface area contributed by atoms with E-state index >= 15 is 0 Å². The molecule has 8 heteroatoms. The van der Waals surface area contributed by atoms with E-state index in [2.05, 4.69) is 4.72 Å². The van der Waals surface area contributed by atoms with Gasteiger partial charge in [0.1, 0.15) is 5.75 Å². The molecule has 7 nitrogen and oxygen atoms in total. The van der Waals surface area contributed by atoms with Crippen LogP contribution in [0.15, 0.2) is 18.2 Å². The molecule has 1 aromatic rings. The number of sulfonamides is 1. The smallest absolute Gasteiger partial charge is 0.231 e. The van der Waals surface area contributed by atoms with Gasteiger partial charge < -0.3 is 18.9 Å². The zero-order valence-electron chi connectivity index (χ0n) is 11.3. The highest BCUT2D eigenvalue weighted by atomic mass is 32.2. The third-order valence-electron chi connectivity index (χ3n) is 2.81. The van der Waals surface area contributed by atoms with Crippen molar-refractivity contribution < 1.29 is 27.4 Å². The molecule has 0 amide bonds. The van der Waals surface area contributed by atoms with Crippen LogP contribution >= 0.6 is 0 Å². The molecular weight excluding hydrogens is 286 g/mol. The maximum Gasteiger partial charge on any atom is 0.231 e. The Kier molecular flexibility index (Phi) is 4.81. The topological polar surface area (TPSA) is 83.1 Å². The maximum absolute atomic E-state index is 11.8. The average molecular weight is 303 g/mol. The molecule has 0 radical (unpaired) electrons. The molecule has 0 spiro atoms. The number of nitrogens with one attached hydrogen (secondary N) is 1. The van der Waals surface area contributed by atoms with Crippen LogP contribution in [0.3, 0.4) is 0 Å². The van der Waals surface area contributed by atoms with Crippen LogP contribution in [0.1, 0.15) is 5.56 Å². The second-order valence-electron chi connectivity index (χ2n) is 4.19. The molecule has 1 aliphatic rings. The molecule has 1 N–H and O–H groups in total. The largest absolute Gasteiger partial charge is 0.454 e. The number of methoxy groups -OCH3 is 2. The molecule has 0 atom stereocenters. The van der Waals surface area contributed by atoms with E-state index in [-0.39, 0.29) is 19.1 Å². The zero-order valence-corrected chi connectivity index (χ0v) is 12.1. The van der Waals surface area contributed by atoms with Crippen LogP contribution in [-0.2, 0) is 26.0 Å². The van der Waals surface area contributed by atoms with Gasteiger partial charge in [0.05, 0.1) is 0 Å². The lowest BCUT2D eigenvalue weighted by atomic mass is 10.2. The molecule has 0 saturated carbocycles. The zero-order chi connectivity index (χ0) is 14.6. The molecule has 2 rings (SSSR count). The highest BCUT2D eigenvalue weighted by Gasteiger charge is 2.19. The van der Waals surface area contributed by atoms with Crippen LogP contribution in [0.25, 0.3) is 0 Å². The second-order valence-corrected chi connectivity index (χ2v) is 6.04. The van der Waals surface area contributed by atoms with Gasteiger partial charge in [-0.2, -0.15) is 0 Å². The maximum atomic E-state index is 11.8. The molecule has 1 aliphatic heterocycles. The van der Waals surface area contributed by atoms with Crippen molar-refractivity contribution in [1.82, 2.24) is 4.72 Å². The van der Waals surface area contributed by atoms with Crippen LogP contribution in [0.4, 0.5) is 0 Å². The quantitative estimate of drug-likeness (QED) is 0.737. The van der Waals surface area contributed by atoms with Crippen molar-refractivity contribution in [2.45, 2.75) is 12.8 Å². The summed E-state index contributed by atoms with van der Waals surface area (Å²) in [5.41, 5.74) is 0.782. The molecule has 0 unspecified atom stereocenters. The van der Waals surface area contributed by atoms with Gasteiger partial charge in [0.2, 0.25) is 16.8 Å². The number of benzene rings is 1. The van der Waals surface area contributed by atoms with Crippen LogP contribution < -0.4 is 14.2 Å². The Morgan fingerprint density at radius 3 is 2.65 bits per heavy atom. The van der Waals surface area contributed by atoms with E-state index < -0.39 is 16.3 Å². The molecule has 1 aromatic carbocycles. The molecule has 0 aliphatic carbocycles. The third kappa shape index (κ3) is 3.83. The normalized spacial score (nSPS) is 13.9. The SMILES string of the molecule is COC(CS(=O)(=O)NCc1ccc2c(c1)OCO2)OC. The number of ether oxygens (including phenoxy) is 4. The lowest BCUT2D eigenvalue weighted by Crippen LogP contribution is -2.33. The van der Waals surface area contributed by atoms with Gasteiger partial charge in [-0.3, -0.25) is 0 Å². The summed E-state index contributed by atoms with van der Waals surface area (Å²) in [6, 6.07) is 5.27. The molecular formula is C12H17NO6S. The summed E-state index contributed by atoms with van der Waals surface area (Å²) in [6.45, 7) is 0.354. The van der Waals surface area contributed by atoms with E-state index in [0.29, 0.717) is 11.5 Å². The Labute approximate surface area is 117 Å². The Balaban J connectivity index is 1.94. The number of hydrogen-bond acceptors (Lipinski definition) is 6. The van der Waals surface area contributed by atoms with Gasteiger partial charge in [-0.1, -0.05) is 6.07 Å². The fraction of sp³-hybridized carbons (Fsp3) is 0.500. The molecule has 112 valence electrons. The van der Waals surface area contributed by atoms with Gasteiger partial charge in [0, 0.05) is 20.8 Å². The lowest BCUT2D eigenvalue weighted by Gasteiger charge is -2.14. The van der Waals surface area contributed by atoms with E-state index in [1.54, 1.807) is 18.2 Å². The Hall–Kier alpha value is -1.35. The van der Waals surface area contributed by atoms with Crippen molar-refractivity contribution in [3.8, 4) is 11.5 Å². The van der Waals surface area contributed by atoms with Crippen LogP contribution in [0, 0.1) is 0 Å². The highest BCUT2D eigenvalue weighted by molar-refractivity contribution is 7.89. The van der Waals surface area contributed by atoms with Gasteiger partial charge in [-0.05, 0) is 17.7 Å². The summed E-state index contributed by atoms with van der Waals surface area (Å²) in [4.78, 5) is 0. The first-order valence-corrected chi connectivity index (χ1v) is 7.61. The van der Waals surface area contributed by atoms with Crippen molar-refractivity contribution in [2.24, 2.45) is 0 Å². The number of rotatable bonds is 7. The van der Waals surface area contributed by atoms with Crippen LogP contribution in [0.5, 0.6) is 11.5 Å². The third-order valence-corrected chi connectivity index (χ3v) is 4.11. The summed E-state index contributed by atoms with van der Waals surface area (Å²) in [5, 5.41) is 0. The predicted molar refractivity (Wildman–Crippen MR) is 71.0 cm³/mol. The monoisotopic (exact) mass is 303 g/mol. The molecule has 20 heavy (non-hydrogen) atoms. The molecule has 1 heterocycles. The molecule has 0 saturated heterocycles. The van der Waals surface area contributed by atoms with Crippen molar-refractivity contribution in [3.63, 3.8) is 0 Å². The first kappa shape index (κ1) is 15.0. The lowest BCUT2D eigenvalue weighted by molar-refractivity contribution is -0.0853. The Morgan fingerprint density at radius 2 is 1.95 bits per heavy atom. The van der Waals surface area contributed by atoms with Crippen molar-refractivity contribution >= 4 is 10.0 Å². The van der Waals surface area contributed by atoms with E-state index in [1.165, 1.54) is 14.2 Å². The van der Waals surface area contributed by atoms with E-state index in [4.69, 9.17) is 18.9 Å². The highest BCUT2D eigenvalue weighted by Crippen LogP contribution is 2.32. The van der Waals surface area contributed by atoms with Gasteiger partial charge >= 0.3 is 0 Å². The summed E-state index contributed by atoms with van der Waals surface area (Å²) in [6.07, 6.45) is -0.788. The minimum absolute atomic E-state index is 0.166. The summed E-state index contributed by atoms with van der Waals surface area (Å²) >= 11 is 0. The minimum Gasteiger partial charge on any atom is -0.454 e. The second kappa shape index (κ2) is 6.40. The fourth-order valence-corrected chi connectivity index (χ4v) is 2.85. The van der Waals surface area contributed by atoms with Crippen molar-refractivity contribution in [3.05, 3.63) is 23.8 Å². The van der Waals surface area contributed by atoms with Gasteiger partial charge in [-0.25, -0.2) is 13.1 Å². The molecule has 0 fully saturated rings. The summed E-state index contributed by atoms with van der Waals surface area (Å²) in [7, 11) is -0.709. The minimum atomic E-state index is -3.49. The number of fused-ring (bicyclic) bond motifs is 1.